The van der Waals surface area contributed by atoms with Crippen LogP contribution in [-0.4, -0.2) is 53.6 Å². The maximum atomic E-state index is 11.8. The van der Waals surface area contributed by atoms with Crippen LogP contribution in [-0.2, 0) is 14.6 Å². The summed E-state index contributed by atoms with van der Waals surface area (Å²) in [7, 11) is -3.03. The third-order valence-electron chi connectivity index (χ3n) is 3.29. The van der Waals surface area contributed by atoms with Crippen molar-refractivity contribution in [2.24, 2.45) is 0 Å². The predicted molar refractivity (Wildman–Crippen MR) is 79.2 cm³/mol. The largest absolute Gasteiger partial charge is 0.385 e. The van der Waals surface area contributed by atoms with Gasteiger partial charge in [0.05, 0.1) is 11.5 Å². The number of nitrogens with one attached hydrogen (secondary N) is 1. The first-order valence-corrected chi connectivity index (χ1v) is 8.77. The maximum absolute atomic E-state index is 11.8. The summed E-state index contributed by atoms with van der Waals surface area (Å²) in [6.07, 6.45) is 0.427. The van der Waals surface area contributed by atoms with E-state index in [-0.39, 0.29) is 24.2 Å². The molecule has 2 aromatic rings. The van der Waals surface area contributed by atoms with E-state index in [1.807, 2.05) is 0 Å². The number of amides is 1. The molecule has 0 aliphatic carbocycles. The fourth-order valence-electron chi connectivity index (χ4n) is 2.26. The van der Waals surface area contributed by atoms with Crippen LogP contribution in [0.2, 0.25) is 5.02 Å². The van der Waals surface area contributed by atoms with Gasteiger partial charge in [-0.25, -0.2) is 8.42 Å². The van der Waals surface area contributed by atoms with Gasteiger partial charge in [0.2, 0.25) is 0 Å². The van der Waals surface area contributed by atoms with Gasteiger partial charge in [-0.2, -0.15) is 0 Å². The number of carbonyl (C=O) groups excluding carboxylic acids is 1. The summed E-state index contributed by atoms with van der Waals surface area (Å²) in [5, 5.41) is 10.8. The summed E-state index contributed by atoms with van der Waals surface area (Å²) in [6.45, 7) is -0.290. The molecular weight excluding hydrogens is 332 g/mol. The molecule has 1 saturated heterocycles. The third kappa shape index (κ3) is 3.30. The highest BCUT2D eigenvalue weighted by Gasteiger charge is 2.29. The number of sulfone groups is 1. The topological polar surface area (TPSA) is 103 Å². The van der Waals surface area contributed by atoms with Crippen molar-refractivity contribution in [1.29, 1.82) is 0 Å². The number of halogens is 1. The predicted octanol–water partition coefficient (Wildman–Crippen LogP) is -0.183. The number of rotatable bonds is 4. The molecule has 1 amide bonds. The Bertz CT molecular complexity index is 820. The van der Waals surface area contributed by atoms with Crippen LogP contribution in [0, 0.1) is 0 Å². The van der Waals surface area contributed by atoms with Crippen LogP contribution in [0.5, 0.6) is 0 Å². The molecule has 1 aromatic heterocycles. The average molecular weight is 345 g/mol. The third-order valence-corrected chi connectivity index (χ3v) is 5.30. The fourth-order valence-corrected chi connectivity index (χ4v) is 4.10. The van der Waals surface area contributed by atoms with Crippen LogP contribution in [0.4, 0.5) is 0 Å². The van der Waals surface area contributed by atoms with E-state index in [4.69, 9.17) is 16.4 Å². The van der Waals surface area contributed by atoms with Crippen LogP contribution in [0.3, 0.4) is 0 Å². The Labute approximate surface area is 131 Å². The monoisotopic (exact) mass is 344 g/mol. The number of benzene rings is 1. The molecule has 0 unspecified atom stereocenters. The molecule has 1 fully saturated rings. The molecule has 0 bridgehead atoms. The lowest BCUT2D eigenvalue weighted by Gasteiger charge is -2.11. The van der Waals surface area contributed by atoms with Crippen molar-refractivity contribution in [1.82, 2.24) is 20.5 Å². The quantitative estimate of drug-likeness (QED) is 0.825. The average Bonchev–Trinajstić information content (AvgIpc) is 2.99. The molecule has 1 N–H and O–H groups in total. The summed E-state index contributed by atoms with van der Waals surface area (Å²) >= 11 is 5.89. The highest BCUT2D eigenvalue weighted by molar-refractivity contribution is 7.91. The normalized spacial score (nSPS) is 20.1. The van der Waals surface area contributed by atoms with E-state index in [1.165, 1.54) is 0 Å². The number of nitrogens with zero attached hydrogens (tertiary/aromatic N) is 3. The van der Waals surface area contributed by atoms with Crippen molar-refractivity contribution < 1.29 is 18.0 Å². The summed E-state index contributed by atoms with van der Waals surface area (Å²) in [6, 6.07) is 4.63. The van der Waals surface area contributed by atoms with Gasteiger partial charge in [0.25, 0.3) is 5.91 Å². The summed E-state index contributed by atoms with van der Waals surface area (Å²) < 4.78 is 22.7. The zero-order chi connectivity index (χ0) is 15.7. The second-order valence-electron chi connectivity index (χ2n) is 5.04. The zero-order valence-corrected chi connectivity index (χ0v) is 13.0. The van der Waals surface area contributed by atoms with Crippen molar-refractivity contribution >= 4 is 38.4 Å². The number of aromatic nitrogens is 3. The first-order chi connectivity index (χ1) is 10.4. The van der Waals surface area contributed by atoms with E-state index in [9.17, 15) is 13.2 Å². The zero-order valence-electron chi connectivity index (χ0n) is 11.4. The molecule has 3 rings (SSSR count). The maximum Gasteiger partial charge on any atom is 0.261 e. The Morgan fingerprint density at radius 3 is 3.05 bits per heavy atom. The van der Waals surface area contributed by atoms with Gasteiger partial charge in [0.15, 0.2) is 16.4 Å². The molecule has 8 nitrogen and oxygen atoms in total. The number of hydrogen-bond donors (Lipinski definition) is 1. The van der Waals surface area contributed by atoms with Crippen molar-refractivity contribution in [2.75, 3.05) is 18.1 Å². The van der Waals surface area contributed by atoms with Crippen molar-refractivity contribution in [2.45, 2.75) is 12.5 Å². The van der Waals surface area contributed by atoms with Gasteiger partial charge in [0.1, 0.15) is 11.0 Å². The molecule has 0 spiro atoms. The van der Waals surface area contributed by atoms with Gasteiger partial charge in [-0.05, 0) is 29.8 Å². The number of fused-ring (bicyclic) bond motifs is 1. The van der Waals surface area contributed by atoms with Gasteiger partial charge in [-0.15, -0.1) is 5.10 Å². The van der Waals surface area contributed by atoms with Crippen LogP contribution in [0.25, 0.3) is 11.0 Å². The Kier molecular flexibility index (Phi) is 3.92. The Balaban J connectivity index is 1.59. The van der Waals surface area contributed by atoms with E-state index in [0.29, 0.717) is 22.5 Å². The summed E-state index contributed by atoms with van der Waals surface area (Å²) in [4.78, 5) is 18.2. The number of carbonyl (C=O) groups is 1. The van der Waals surface area contributed by atoms with Crippen molar-refractivity contribution in [3.63, 3.8) is 0 Å². The lowest BCUT2D eigenvalue weighted by molar-refractivity contribution is -0.126. The summed E-state index contributed by atoms with van der Waals surface area (Å²) in [5.74, 6) is -0.334. The van der Waals surface area contributed by atoms with Crippen molar-refractivity contribution in [3.05, 3.63) is 23.2 Å². The smallest absolute Gasteiger partial charge is 0.261 e. The number of hydrogen-bond acceptors (Lipinski definition) is 6. The van der Waals surface area contributed by atoms with Gasteiger partial charge in [0, 0.05) is 11.1 Å². The van der Waals surface area contributed by atoms with Gasteiger partial charge in [-0.1, -0.05) is 16.4 Å². The Hall–Kier alpha value is -1.87. The second-order valence-corrected chi connectivity index (χ2v) is 7.70. The minimum Gasteiger partial charge on any atom is -0.385 e. The molecule has 1 aliphatic rings. The molecule has 1 aliphatic heterocycles. The van der Waals surface area contributed by atoms with Gasteiger partial charge in [-0.3, -0.25) is 4.79 Å². The highest BCUT2D eigenvalue weighted by Crippen LogP contribution is 2.16. The molecule has 0 saturated carbocycles. The van der Waals surface area contributed by atoms with Crippen molar-refractivity contribution in [3.8, 4) is 0 Å². The first kappa shape index (κ1) is 15.0. The standard InChI is InChI=1S/C12H13ClN4O4S/c13-8-1-2-10-11(5-8)17(16-15-10)21-6-12(18)14-9-3-4-22(19,20)7-9/h1-2,5,9H,3-4,6-7H2,(H,14,18)/t9-/m1/s1. The Morgan fingerprint density at radius 1 is 1.50 bits per heavy atom. The first-order valence-electron chi connectivity index (χ1n) is 6.57. The molecule has 1 aromatic carbocycles. The van der Waals surface area contributed by atoms with E-state index < -0.39 is 15.7 Å². The molecule has 22 heavy (non-hydrogen) atoms. The molecule has 0 radical (unpaired) electrons. The van der Waals surface area contributed by atoms with Crippen LogP contribution >= 0.6 is 11.6 Å². The molecule has 118 valence electrons. The second kappa shape index (κ2) is 5.73. The summed E-state index contributed by atoms with van der Waals surface area (Å²) in [5.41, 5.74) is 1.13. The SMILES string of the molecule is O=C(COn1nnc2ccc(Cl)cc21)N[C@@H]1CCS(=O)(=O)C1. The minimum atomic E-state index is -3.03. The van der Waals surface area contributed by atoms with E-state index in [1.54, 1.807) is 18.2 Å². The molecule has 1 atom stereocenters. The van der Waals surface area contributed by atoms with Crippen LogP contribution in [0.1, 0.15) is 6.42 Å². The van der Waals surface area contributed by atoms with Crippen LogP contribution in [0.15, 0.2) is 18.2 Å². The van der Waals surface area contributed by atoms with Gasteiger partial charge >= 0.3 is 0 Å². The van der Waals surface area contributed by atoms with Crippen LogP contribution < -0.4 is 10.2 Å². The lowest BCUT2D eigenvalue weighted by Crippen LogP contribution is -2.39. The van der Waals surface area contributed by atoms with E-state index >= 15 is 0 Å². The molecule has 2 heterocycles. The molecule has 10 heteroatoms. The van der Waals surface area contributed by atoms with E-state index in [2.05, 4.69) is 15.6 Å². The Morgan fingerprint density at radius 2 is 2.32 bits per heavy atom. The highest BCUT2D eigenvalue weighted by atomic mass is 35.5. The molecular formula is C12H13ClN4O4S. The van der Waals surface area contributed by atoms with E-state index in [0.717, 1.165) is 4.85 Å². The van der Waals surface area contributed by atoms with Gasteiger partial charge < -0.3 is 10.2 Å². The lowest BCUT2D eigenvalue weighted by atomic mass is 10.2. The minimum absolute atomic E-state index is 0.0272. The fraction of sp³-hybridized carbons (Fsp3) is 0.417.